The summed E-state index contributed by atoms with van der Waals surface area (Å²) in [6, 6.07) is 8.50. The molecule has 0 bridgehead atoms. The van der Waals surface area contributed by atoms with E-state index in [4.69, 9.17) is 4.98 Å². The van der Waals surface area contributed by atoms with Crippen molar-refractivity contribution >= 4 is 11.0 Å². The minimum absolute atomic E-state index is 0.211. The van der Waals surface area contributed by atoms with Crippen molar-refractivity contribution in [1.29, 1.82) is 0 Å². The van der Waals surface area contributed by atoms with Gasteiger partial charge in [-0.15, -0.1) is 0 Å². The molecule has 3 heteroatoms. The molecule has 19 heavy (non-hydrogen) atoms. The van der Waals surface area contributed by atoms with E-state index in [-0.39, 0.29) is 12.1 Å². The fourth-order valence-corrected chi connectivity index (χ4v) is 3.26. The van der Waals surface area contributed by atoms with E-state index in [0.717, 1.165) is 43.4 Å². The molecule has 0 unspecified atom stereocenters. The lowest BCUT2D eigenvalue weighted by atomic mass is 9.92. The molecule has 1 N–H and O–H groups in total. The number of benzene rings is 1. The number of fused-ring (bicyclic) bond motifs is 1. The van der Waals surface area contributed by atoms with Crippen LogP contribution in [0.3, 0.4) is 0 Å². The SMILES string of the molecule is CCCc1nc2ccccc2n1[C@@H]1CCCC[C@H]1O. The third-order valence-corrected chi connectivity index (χ3v) is 4.17. The fourth-order valence-electron chi connectivity index (χ4n) is 3.26. The average molecular weight is 258 g/mol. The van der Waals surface area contributed by atoms with Crippen molar-refractivity contribution in [2.45, 2.75) is 57.6 Å². The Kier molecular flexibility index (Phi) is 3.56. The van der Waals surface area contributed by atoms with Gasteiger partial charge in [0.15, 0.2) is 0 Å². The molecule has 2 aromatic rings. The van der Waals surface area contributed by atoms with Gasteiger partial charge < -0.3 is 9.67 Å². The molecule has 0 aliphatic heterocycles. The Morgan fingerprint density at radius 2 is 2.05 bits per heavy atom. The van der Waals surface area contributed by atoms with Crippen LogP contribution >= 0.6 is 0 Å². The first-order valence-electron chi connectivity index (χ1n) is 7.45. The van der Waals surface area contributed by atoms with Crippen molar-refractivity contribution in [3.05, 3.63) is 30.1 Å². The number of aryl methyl sites for hydroxylation is 1. The van der Waals surface area contributed by atoms with Gasteiger partial charge in [-0.25, -0.2) is 4.98 Å². The van der Waals surface area contributed by atoms with Gasteiger partial charge in [0.25, 0.3) is 0 Å². The first kappa shape index (κ1) is 12.7. The van der Waals surface area contributed by atoms with E-state index in [1.807, 2.05) is 6.07 Å². The Labute approximate surface area is 114 Å². The Morgan fingerprint density at radius 1 is 1.26 bits per heavy atom. The van der Waals surface area contributed by atoms with Gasteiger partial charge in [-0.3, -0.25) is 0 Å². The van der Waals surface area contributed by atoms with Gasteiger partial charge in [-0.2, -0.15) is 0 Å². The summed E-state index contributed by atoms with van der Waals surface area (Å²) in [6.45, 7) is 2.18. The Bertz CT molecular complexity index is 561. The fraction of sp³-hybridized carbons (Fsp3) is 0.562. The van der Waals surface area contributed by atoms with Crippen LogP contribution in [0.1, 0.15) is 50.9 Å². The quantitative estimate of drug-likeness (QED) is 0.915. The van der Waals surface area contributed by atoms with Crippen molar-refractivity contribution in [3.8, 4) is 0 Å². The summed E-state index contributed by atoms with van der Waals surface area (Å²) in [5, 5.41) is 10.3. The Morgan fingerprint density at radius 3 is 2.84 bits per heavy atom. The summed E-state index contributed by atoms with van der Waals surface area (Å²) < 4.78 is 2.31. The van der Waals surface area contributed by atoms with Gasteiger partial charge in [0.05, 0.1) is 23.2 Å². The first-order chi connectivity index (χ1) is 9.31. The van der Waals surface area contributed by atoms with E-state index < -0.39 is 0 Å². The Balaban J connectivity index is 2.10. The number of hydrogen-bond donors (Lipinski definition) is 1. The van der Waals surface area contributed by atoms with E-state index in [9.17, 15) is 5.11 Å². The molecule has 0 amide bonds. The molecule has 0 radical (unpaired) electrons. The highest BCUT2D eigenvalue weighted by Crippen LogP contribution is 2.33. The summed E-state index contributed by atoms with van der Waals surface area (Å²) >= 11 is 0. The number of rotatable bonds is 3. The van der Waals surface area contributed by atoms with E-state index >= 15 is 0 Å². The number of aromatic nitrogens is 2. The summed E-state index contributed by atoms with van der Waals surface area (Å²) in [4.78, 5) is 4.76. The molecule has 1 saturated carbocycles. The van der Waals surface area contributed by atoms with Gasteiger partial charge in [-0.1, -0.05) is 31.9 Å². The van der Waals surface area contributed by atoms with Crippen LogP contribution in [-0.4, -0.2) is 20.8 Å². The second-order valence-corrected chi connectivity index (χ2v) is 5.56. The third-order valence-electron chi connectivity index (χ3n) is 4.17. The smallest absolute Gasteiger partial charge is 0.110 e. The lowest BCUT2D eigenvalue weighted by molar-refractivity contribution is 0.0759. The zero-order valence-corrected chi connectivity index (χ0v) is 11.5. The molecule has 1 aliphatic carbocycles. The van der Waals surface area contributed by atoms with Gasteiger partial charge in [0.2, 0.25) is 0 Å². The maximum Gasteiger partial charge on any atom is 0.110 e. The molecule has 0 spiro atoms. The Hall–Kier alpha value is -1.35. The molecule has 1 heterocycles. The lowest BCUT2D eigenvalue weighted by Gasteiger charge is -2.30. The number of para-hydroxylation sites is 2. The zero-order chi connectivity index (χ0) is 13.2. The van der Waals surface area contributed by atoms with Crippen LogP contribution in [0.15, 0.2) is 24.3 Å². The lowest BCUT2D eigenvalue weighted by Crippen LogP contribution is -2.28. The molecule has 1 aliphatic rings. The van der Waals surface area contributed by atoms with E-state index in [0.29, 0.717) is 0 Å². The highest BCUT2D eigenvalue weighted by Gasteiger charge is 2.27. The molecule has 102 valence electrons. The molecule has 3 nitrogen and oxygen atoms in total. The van der Waals surface area contributed by atoms with Gasteiger partial charge in [-0.05, 0) is 31.4 Å². The van der Waals surface area contributed by atoms with Crippen molar-refractivity contribution in [2.24, 2.45) is 0 Å². The molecule has 3 rings (SSSR count). The average Bonchev–Trinajstić information content (AvgIpc) is 2.78. The van der Waals surface area contributed by atoms with Crippen LogP contribution in [0.25, 0.3) is 11.0 Å². The monoisotopic (exact) mass is 258 g/mol. The normalized spacial score (nSPS) is 23.9. The number of aliphatic hydroxyl groups excluding tert-OH is 1. The van der Waals surface area contributed by atoms with Crippen LogP contribution in [0.4, 0.5) is 0 Å². The summed E-state index contributed by atoms with van der Waals surface area (Å²) in [5.74, 6) is 1.13. The van der Waals surface area contributed by atoms with E-state index in [1.54, 1.807) is 0 Å². The predicted molar refractivity (Wildman–Crippen MR) is 77.2 cm³/mol. The van der Waals surface area contributed by atoms with Crippen molar-refractivity contribution in [3.63, 3.8) is 0 Å². The molecule has 1 aromatic heterocycles. The molecular weight excluding hydrogens is 236 g/mol. The van der Waals surface area contributed by atoms with Gasteiger partial charge in [0.1, 0.15) is 5.82 Å². The summed E-state index contributed by atoms with van der Waals surface area (Å²) in [6.07, 6.45) is 6.19. The number of hydrogen-bond acceptors (Lipinski definition) is 2. The van der Waals surface area contributed by atoms with Gasteiger partial charge in [0, 0.05) is 6.42 Å². The number of nitrogens with zero attached hydrogens (tertiary/aromatic N) is 2. The van der Waals surface area contributed by atoms with Crippen LogP contribution in [0.5, 0.6) is 0 Å². The second-order valence-electron chi connectivity index (χ2n) is 5.56. The molecular formula is C16H22N2O. The van der Waals surface area contributed by atoms with Crippen LogP contribution in [0.2, 0.25) is 0 Å². The summed E-state index contributed by atoms with van der Waals surface area (Å²) in [5.41, 5.74) is 2.24. The van der Waals surface area contributed by atoms with Crippen molar-refractivity contribution in [2.75, 3.05) is 0 Å². The van der Waals surface area contributed by atoms with Crippen molar-refractivity contribution in [1.82, 2.24) is 9.55 Å². The van der Waals surface area contributed by atoms with Gasteiger partial charge >= 0.3 is 0 Å². The minimum atomic E-state index is -0.220. The van der Waals surface area contributed by atoms with E-state index in [1.165, 1.54) is 11.9 Å². The molecule has 1 fully saturated rings. The number of imidazole rings is 1. The largest absolute Gasteiger partial charge is 0.391 e. The van der Waals surface area contributed by atoms with Crippen LogP contribution < -0.4 is 0 Å². The maximum absolute atomic E-state index is 10.3. The third kappa shape index (κ3) is 2.27. The second kappa shape index (κ2) is 5.33. The molecule has 1 aromatic carbocycles. The maximum atomic E-state index is 10.3. The van der Waals surface area contributed by atoms with Crippen molar-refractivity contribution < 1.29 is 5.11 Å². The highest BCUT2D eigenvalue weighted by atomic mass is 16.3. The van der Waals surface area contributed by atoms with Crippen LogP contribution in [0, 0.1) is 0 Å². The van der Waals surface area contributed by atoms with E-state index in [2.05, 4.69) is 29.7 Å². The predicted octanol–water partition coefficient (Wildman–Crippen LogP) is 3.46. The molecule has 0 saturated heterocycles. The first-order valence-corrected chi connectivity index (χ1v) is 7.45. The highest BCUT2D eigenvalue weighted by molar-refractivity contribution is 5.76. The zero-order valence-electron chi connectivity index (χ0n) is 11.5. The topological polar surface area (TPSA) is 38.0 Å². The van der Waals surface area contributed by atoms with Crippen LogP contribution in [-0.2, 0) is 6.42 Å². The summed E-state index contributed by atoms with van der Waals surface area (Å²) in [7, 11) is 0. The minimum Gasteiger partial charge on any atom is -0.391 e. The standard InChI is InChI=1S/C16H22N2O/c1-2-7-16-17-12-8-3-4-9-13(12)18(16)14-10-5-6-11-15(14)19/h3-4,8-9,14-15,19H,2,5-7,10-11H2,1H3/t14-,15-/m1/s1. The number of aliphatic hydroxyl groups is 1. The molecule has 2 atom stereocenters.